The Hall–Kier alpha value is -6.46. The molecule has 9 aromatic rings. The molecular formula is C60H55BN2O2. The van der Waals surface area contributed by atoms with Gasteiger partial charge in [-0.2, -0.15) is 0 Å². The van der Waals surface area contributed by atoms with Gasteiger partial charge < -0.3 is 13.6 Å². The molecule has 4 heterocycles. The third-order valence-corrected chi connectivity index (χ3v) is 16.2. The van der Waals surface area contributed by atoms with Crippen molar-refractivity contribution in [3.05, 3.63) is 161 Å². The quantitative estimate of drug-likeness (QED) is 0.162. The zero-order valence-electron chi connectivity index (χ0n) is 39.3. The number of hydrogen-bond acceptors (Lipinski definition) is 4. The first kappa shape index (κ1) is 39.0. The lowest BCUT2D eigenvalue weighted by Crippen LogP contribution is -2.61. The molecule has 13 rings (SSSR count). The summed E-state index contributed by atoms with van der Waals surface area (Å²) >= 11 is 0. The first-order chi connectivity index (χ1) is 31.0. The summed E-state index contributed by atoms with van der Waals surface area (Å²) in [6, 6.07) is 48.2. The van der Waals surface area contributed by atoms with E-state index in [9.17, 15) is 0 Å². The van der Waals surface area contributed by atoms with Gasteiger partial charge in [0.15, 0.2) is 5.58 Å². The lowest BCUT2D eigenvalue weighted by Gasteiger charge is -2.46. The second-order valence-corrected chi connectivity index (χ2v) is 22.4. The van der Waals surface area contributed by atoms with E-state index in [1.54, 1.807) is 0 Å². The molecular weight excluding hydrogens is 791 g/mol. The molecule has 0 atom stereocenters. The summed E-state index contributed by atoms with van der Waals surface area (Å²) in [5, 5.41) is 3.36. The summed E-state index contributed by atoms with van der Waals surface area (Å²) < 4.78 is 14.6. The van der Waals surface area contributed by atoms with Gasteiger partial charge in [0.2, 0.25) is 5.88 Å². The van der Waals surface area contributed by atoms with Gasteiger partial charge in [-0.05, 0) is 140 Å². The van der Waals surface area contributed by atoms with Crippen LogP contribution in [0.25, 0.3) is 55.2 Å². The SMILES string of the molecule is Cc1cc2c(cc1N1c3oc4ccccc4c3B3c4c(cc5c(oc6ccccc65)c41)-c1cc4c(cc1N3c1ccc(C(C)(C)C)cc1)C(C)(C)c1ccccc1-4)C(C)(C)CCC2(C)C. The van der Waals surface area contributed by atoms with Crippen molar-refractivity contribution in [3.63, 3.8) is 0 Å². The van der Waals surface area contributed by atoms with Gasteiger partial charge in [-0.25, -0.2) is 0 Å². The Labute approximate surface area is 383 Å². The molecule has 0 fully saturated rings. The van der Waals surface area contributed by atoms with Crippen molar-refractivity contribution in [3.8, 4) is 22.3 Å². The highest BCUT2D eigenvalue weighted by Crippen LogP contribution is 2.57. The number of furan rings is 2. The largest absolute Gasteiger partial charge is 0.454 e. The van der Waals surface area contributed by atoms with Crippen molar-refractivity contribution in [1.82, 2.24) is 0 Å². The van der Waals surface area contributed by atoms with E-state index in [0.717, 1.165) is 68.7 Å². The van der Waals surface area contributed by atoms with E-state index in [2.05, 4.69) is 206 Å². The fourth-order valence-corrected chi connectivity index (χ4v) is 12.4. The van der Waals surface area contributed by atoms with Crippen molar-refractivity contribution in [2.24, 2.45) is 0 Å². The minimum absolute atomic E-state index is 0.00648. The first-order valence-electron chi connectivity index (χ1n) is 23.7. The van der Waals surface area contributed by atoms with Gasteiger partial charge in [0.05, 0.1) is 11.4 Å². The van der Waals surface area contributed by atoms with Crippen LogP contribution >= 0.6 is 0 Å². The van der Waals surface area contributed by atoms with Gasteiger partial charge in [0.1, 0.15) is 11.2 Å². The molecule has 65 heavy (non-hydrogen) atoms. The van der Waals surface area contributed by atoms with E-state index in [4.69, 9.17) is 8.83 Å². The Morgan fingerprint density at radius 2 is 1.17 bits per heavy atom. The zero-order valence-corrected chi connectivity index (χ0v) is 39.3. The Bertz CT molecular complexity index is 3540. The predicted octanol–water partition coefficient (Wildman–Crippen LogP) is 15.3. The molecule has 0 bridgehead atoms. The third-order valence-electron chi connectivity index (χ3n) is 16.2. The van der Waals surface area contributed by atoms with Crippen LogP contribution in [0, 0.1) is 6.92 Å². The first-order valence-corrected chi connectivity index (χ1v) is 23.7. The summed E-state index contributed by atoms with van der Waals surface area (Å²) in [6.07, 6.45) is 2.29. The number of hydrogen-bond donors (Lipinski definition) is 0. The molecule has 0 spiro atoms. The maximum absolute atomic E-state index is 7.37. The van der Waals surface area contributed by atoms with Crippen LogP contribution in [0.15, 0.2) is 136 Å². The summed E-state index contributed by atoms with van der Waals surface area (Å²) in [6.45, 7) is 23.4. The summed E-state index contributed by atoms with van der Waals surface area (Å²) in [4.78, 5) is 5.12. The summed E-state index contributed by atoms with van der Waals surface area (Å²) in [7, 11) is 0. The number of fused-ring (bicyclic) bond motifs is 14. The normalized spacial score (nSPS) is 17.2. The zero-order chi connectivity index (χ0) is 44.7. The fourth-order valence-electron chi connectivity index (χ4n) is 12.4. The molecule has 2 aliphatic heterocycles. The highest BCUT2D eigenvalue weighted by Gasteiger charge is 2.51. The maximum Gasteiger partial charge on any atom is 0.337 e. The molecule has 7 aromatic carbocycles. The third kappa shape index (κ3) is 5.16. The van der Waals surface area contributed by atoms with Crippen LogP contribution < -0.4 is 20.6 Å². The molecule has 4 nitrogen and oxygen atoms in total. The minimum Gasteiger partial charge on any atom is -0.454 e. The second kappa shape index (κ2) is 12.7. The molecule has 0 saturated heterocycles. The minimum atomic E-state index is -0.237. The van der Waals surface area contributed by atoms with Crippen LogP contribution in [0.3, 0.4) is 0 Å². The smallest absolute Gasteiger partial charge is 0.337 e. The standard InChI is InChI=1S/C60H55BN2O2/c1-34-29-46-47(59(7,8)28-27-58(46,5)6)33-48(34)62-54-52-42(31-43-38-18-12-15-21-50(38)64-55(43)54)41-30-40-37-17-11-14-20-44(37)60(9,10)45(40)32-49(41)63(36-25-23-35(24-26-36)57(2,3)4)61(52)53-39-19-13-16-22-51(39)65-56(53)62/h11-26,29-33H,27-28H2,1-10H3. The van der Waals surface area contributed by atoms with Crippen LogP contribution in [0.1, 0.15) is 109 Å². The number of para-hydroxylation sites is 2. The van der Waals surface area contributed by atoms with Crippen molar-refractivity contribution in [2.45, 2.75) is 104 Å². The Morgan fingerprint density at radius 1 is 0.538 bits per heavy atom. The molecule has 0 amide bonds. The molecule has 2 aliphatic carbocycles. The molecule has 2 aromatic heterocycles. The molecule has 0 unspecified atom stereocenters. The van der Waals surface area contributed by atoms with Crippen molar-refractivity contribution in [1.29, 1.82) is 0 Å². The Balaban J connectivity index is 1.21. The van der Waals surface area contributed by atoms with E-state index in [-0.39, 0.29) is 28.5 Å². The lowest BCUT2D eigenvalue weighted by atomic mass is 9.43. The van der Waals surface area contributed by atoms with E-state index in [1.165, 1.54) is 72.2 Å². The van der Waals surface area contributed by atoms with Crippen molar-refractivity contribution >= 4 is 79.3 Å². The Kier molecular flexibility index (Phi) is 7.59. The predicted molar refractivity (Wildman–Crippen MR) is 274 cm³/mol. The van der Waals surface area contributed by atoms with Crippen molar-refractivity contribution in [2.75, 3.05) is 9.71 Å². The number of nitrogens with zero attached hydrogens (tertiary/aromatic N) is 2. The lowest BCUT2D eigenvalue weighted by molar-refractivity contribution is 0.332. The van der Waals surface area contributed by atoms with E-state index < -0.39 is 0 Å². The number of rotatable bonds is 2. The monoisotopic (exact) mass is 846 g/mol. The van der Waals surface area contributed by atoms with Gasteiger partial charge in [-0.15, -0.1) is 0 Å². The molecule has 0 saturated carbocycles. The Morgan fingerprint density at radius 3 is 1.89 bits per heavy atom. The average Bonchev–Trinajstić information content (AvgIpc) is 3.92. The van der Waals surface area contributed by atoms with E-state index in [1.807, 2.05) is 0 Å². The number of benzene rings is 7. The molecule has 0 N–H and O–H groups in total. The van der Waals surface area contributed by atoms with Gasteiger partial charge in [-0.3, -0.25) is 4.90 Å². The van der Waals surface area contributed by atoms with Crippen LogP contribution in [0.5, 0.6) is 0 Å². The van der Waals surface area contributed by atoms with Crippen LogP contribution in [0.4, 0.5) is 28.6 Å². The molecule has 5 heteroatoms. The van der Waals surface area contributed by atoms with Crippen LogP contribution in [0.2, 0.25) is 0 Å². The molecule has 4 aliphatic rings. The highest BCUT2D eigenvalue weighted by atomic mass is 16.4. The maximum atomic E-state index is 7.37. The van der Waals surface area contributed by atoms with Gasteiger partial charge in [-0.1, -0.05) is 141 Å². The van der Waals surface area contributed by atoms with Crippen molar-refractivity contribution < 1.29 is 8.83 Å². The fraction of sp³-hybridized carbons (Fsp3) is 0.267. The van der Waals surface area contributed by atoms with Crippen LogP contribution in [-0.2, 0) is 21.7 Å². The summed E-state index contributed by atoms with van der Waals surface area (Å²) in [5.41, 5.74) is 22.8. The molecule has 0 radical (unpaired) electrons. The summed E-state index contributed by atoms with van der Waals surface area (Å²) in [5.74, 6) is 0.854. The average molecular weight is 847 g/mol. The van der Waals surface area contributed by atoms with Gasteiger partial charge in [0.25, 0.3) is 0 Å². The topological polar surface area (TPSA) is 32.8 Å². The van der Waals surface area contributed by atoms with Gasteiger partial charge in [0, 0.05) is 44.0 Å². The van der Waals surface area contributed by atoms with Crippen LogP contribution in [-0.4, -0.2) is 6.85 Å². The number of anilines is 5. The van der Waals surface area contributed by atoms with E-state index >= 15 is 0 Å². The van der Waals surface area contributed by atoms with E-state index in [0.29, 0.717) is 0 Å². The second-order valence-electron chi connectivity index (χ2n) is 22.4. The van der Waals surface area contributed by atoms with Gasteiger partial charge >= 0.3 is 6.85 Å². The highest BCUT2D eigenvalue weighted by molar-refractivity contribution is 6.95. The number of aryl methyl sites for hydroxylation is 1. The molecule has 320 valence electrons.